The number of hydrogen-bond donors (Lipinski definition) is 0. The second-order valence-corrected chi connectivity index (χ2v) is 5.74. The first-order valence-electron chi connectivity index (χ1n) is 5.66. The van der Waals surface area contributed by atoms with E-state index < -0.39 is 10.8 Å². The van der Waals surface area contributed by atoms with Gasteiger partial charge in [0.25, 0.3) is 0 Å². The molecule has 0 N–H and O–H groups in total. The van der Waals surface area contributed by atoms with Gasteiger partial charge >= 0.3 is 0 Å². The molecule has 2 aromatic rings. The van der Waals surface area contributed by atoms with Crippen molar-refractivity contribution in [2.45, 2.75) is 24.5 Å². The van der Waals surface area contributed by atoms with Crippen molar-refractivity contribution in [1.29, 1.82) is 0 Å². The normalized spacial score (nSPS) is 12.4. The molecule has 1 nitrogen and oxygen atoms in total. The Morgan fingerprint density at radius 3 is 2.29 bits per heavy atom. The summed E-state index contributed by atoms with van der Waals surface area (Å²) >= 11 is 0. The molecular formula is C15H16OS. The van der Waals surface area contributed by atoms with Crippen molar-refractivity contribution < 1.29 is 4.21 Å². The fourth-order valence-corrected chi connectivity index (χ4v) is 2.82. The maximum atomic E-state index is 12.1. The number of hydrogen-bond acceptors (Lipinski definition) is 1. The highest BCUT2D eigenvalue weighted by Gasteiger charge is 2.04. The van der Waals surface area contributed by atoms with Gasteiger partial charge in [0, 0.05) is 4.90 Å². The van der Waals surface area contributed by atoms with Gasteiger partial charge < -0.3 is 0 Å². The summed E-state index contributed by atoms with van der Waals surface area (Å²) in [4.78, 5) is 0.900. The first-order valence-corrected chi connectivity index (χ1v) is 6.97. The van der Waals surface area contributed by atoms with Crippen molar-refractivity contribution in [2.75, 3.05) is 0 Å². The highest BCUT2D eigenvalue weighted by molar-refractivity contribution is 7.84. The smallest absolute Gasteiger partial charge is 0.0574 e. The standard InChI is InChI=1S/C15H16OS/c1-12-6-8-15(9-7-12)17(16)11-14-5-3-4-13(2)10-14/h3-10H,11H2,1-2H3. The van der Waals surface area contributed by atoms with Crippen LogP contribution in [0, 0.1) is 13.8 Å². The van der Waals surface area contributed by atoms with E-state index in [1.54, 1.807) is 0 Å². The minimum absolute atomic E-state index is 0.588. The van der Waals surface area contributed by atoms with Crippen molar-refractivity contribution in [3.8, 4) is 0 Å². The van der Waals surface area contributed by atoms with E-state index in [9.17, 15) is 4.21 Å². The summed E-state index contributed by atoms with van der Waals surface area (Å²) in [5.74, 6) is 0.588. The van der Waals surface area contributed by atoms with Gasteiger partial charge in [0.2, 0.25) is 0 Å². The molecule has 1 unspecified atom stereocenters. The summed E-state index contributed by atoms with van der Waals surface area (Å²) in [7, 11) is -0.951. The molecule has 2 rings (SSSR count). The molecule has 0 bridgehead atoms. The zero-order valence-electron chi connectivity index (χ0n) is 10.1. The van der Waals surface area contributed by atoms with Crippen molar-refractivity contribution in [3.05, 3.63) is 65.2 Å². The lowest BCUT2D eigenvalue weighted by molar-refractivity contribution is 0.682. The lowest BCUT2D eigenvalue weighted by Crippen LogP contribution is -1.96. The minimum Gasteiger partial charge on any atom is -0.254 e. The SMILES string of the molecule is Cc1ccc(S(=O)Cc2cccc(C)c2)cc1. The molecule has 2 heteroatoms. The first kappa shape index (κ1) is 12.1. The van der Waals surface area contributed by atoms with E-state index >= 15 is 0 Å². The Balaban J connectivity index is 2.14. The maximum absolute atomic E-state index is 12.1. The highest BCUT2D eigenvalue weighted by atomic mass is 32.2. The molecule has 0 amide bonds. The summed E-state index contributed by atoms with van der Waals surface area (Å²) in [6, 6.07) is 16.1. The Morgan fingerprint density at radius 1 is 0.941 bits per heavy atom. The molecule has 0 aliphatic rings. The van der Waals surface area contributed by atoms with Crippen LogP contribution >= 0.6 is 0 Å². The summed E-state index contributed by atoms with van der Waals surface area (Å²) < 4.78 is 12.1. The largest absolute Gasteiger partial charge is 0.254 e. The Labute approximate surface area is 105 Å². The summed E-state index contributed by atoms with van der Waals surface area (Å²) in [6.45, 7) is 4.09. The van der Waals surface area contributed by atoms with Gasteiger partial charge in [0.15, 0.2) is 0 Å². The quantitative estimate of drug-likeness (QED) is 0.806. The van der Waals surface area contributed by atoms with E-state index in [0.29, 0.717) is 5.75 Å². The monoisotopic (exact) mass is 244 g/mol. The summed E-state index contributed by atoms with van der Waals surface area (Å²) in [6.07, 6.45) is 0. The first-order chi connectivity index (χ1) is 8.15. The van der Waals surface area contributed by atoms with Crippen LogP contribution in [-0.4, -0.2) is 4.21 Å². The van der Waals surface area contributed by atoms with Crippen LogP contribution in [0.1, 0.15) is 16.7 Å². The molecule has 0 saturated carbocycles. The predicted octanol–water partition coefficient (Wildman–Crippen LogP) is 3.61. The van der Waals surface area contributed by atoms with Gasteiger partial charge in [-0.05, 0) is 31.5 Å². The van der Waals surface area contributed by atoms with Gasteiger partial charge in [-0.15, -0.1) is 0 Å². The van der Waals surface area contributed by atoms with E-state index in [2.05, 4.69) is 19.1 Å². The van der Waals surface area contributed by atoms with Crippen LogP contribution in [-0.2, 0) is 16.6 Å². The van der Waals surface area contributed by atoms with Gasteiger partial charge in [-0.2, -0.15) is 0 Å². The second kappa shape index (κ2) is 5.28. The fourth-order valence-electron chi connectivity index (χ4n) is 1.73. The number of aryl methyl sites for hydroxylation is 2. The van der Waals surface area contributed by atoms with Gasteiger partial charge in [-0.25, -0.2) is 0 Å². The molecule has 2 aromatic carbocycles. The lowest BCUT2D eigenvalue weighted by Gasteiger charge is -2.04. The number of benzene rings is 2. The van der Waals surface area contributed by atoms with Crippen molar-refractivity contribution >= 4 is 10.8 Å². The van der Waals surface area contributed by atoms with Crippen LogP contribution in [0.5, 0.6) is 0 Å². The molecule has 0 aromatic heterocycles. The Morgan fingerprint density at radius 2 is 1.65 bits per heavy atom. The molecule has 0 aliphatic heterocycles. The lowest BCUT2D eigenvalue weighted by atomic mass is 10.2. The van der Waals surface area contributed by atoms with Crippen LogP contribution < -0.4 is 0 Å². The highest BCUT2D eigenvalue weighted by Crippen LogP contribution is 2.14. The Bertz CT molecular complexity index is 529. The summed E-state index contributed by atoms with van der Waals surface area (Å²) in [5.41, 5.74) is 3.54. The zero-order chi connectivity index (χ0) is 12.3. The average molecular weight is 244 g/mol. The molecule has 0 saturated heterocycles. The molecular weight excluding hydrogens is 228 g/mol. The van der Waals surface area contributed by atoms with E-state index in [4.69, 9.17) is 0 Å². The topological polar surface area (TPSA) is 17.1 Å². The van der Waals surface area contributed by atoms with Crippen LogP contribution in [0.4, 0.5) is 0 Å². The van der Waals surface area contributed by atoms with E-state index in [0.717, 1.165) is 10.5 Å². The van der Waals surface area contributed by atoms with E-state index in [1.165, 1.54) is 11.1 Å². The summed E-state index contributed by atoms with van der Waals surface area (Å²) in [5, 5.41) is 0. The molecule has 0 spiro atoms. The second-order valence-electron chi connectivity index (χ2n) is 4.29. The van der Waals surface area contributed by atoms with E-state index in [1.807, 2.05) is 43.3 Å². The molecule has 88 valence electrons. The van der Waals surface area contributed by atoms with Gasteiger partial charge in [-0.1, -0.05) is 47.5 Å². The molecule has 0 radical (unpaired) electrons. The molecule has 0 fully saturated rings. The van der Waals surface area contributed by atoms with Gasteiger partial charge in [0.05, 0.1) is 16.6 Å². The maximum Gasteiger partial charge on any atom is 0.0574 e. The van der Waals surface area contributed by atoms with Crippen LogP contribution in [0.2, 0.25) is 0 Å². The van der Waals surface area contributed by atoms with Crippen LogP contribution in [0.15, 0.2) is 53.4 Å². The van der Waals surface area contributed by atoms with Crippen molar-refractivity contribution in [2.24, 2.45) is 0 Å². The molecule has 1 atom stereocenters. The van der Waals surface area contributed by atoms with Crippen LogP contribution in [0.25, 0.3) is 0 Å². The average Bonchev–Trinajstić information content (AvgIpc) is 2.29. The van der Waals surface area contributed by atoms with Gasteiger partial charge in [0.1, 0.15) is 0 Å². The predicted molar refractivity (Wildman–Crippen MR) is 72.5 cm³/mol. The molecule has 0 aliphatic carbocycles. The van der Waals surface area contributed by atoms with Gasteiger partial charge in [-0.3, -0.25) is 4.21 Å². The Kier molecular flexibility index (Phi) is 3.75. The van der Waals surface area contributed by atoms with E-state index in [-0.39, 0.29) is 0 Å². The fraction of sp³-hybridized carbons (Fsp3) is 0.200. The molecule has 0 heterocycles. The van der Waals surface area contributed by atoms with Crippen molar-refractivity contribution in [1.82, 2.24) is 0 Å². The Hall–Kier alpha value is -1.41. The zero-order valence-corrected chi connectivity index (χ0v) is 11.0. The minimum atomic E-state index is -0.951. The number of rotatable bonds is 3. The van der Waals surface area contributed by atoms with Crippen LogP contribution in [0.3, 0.4) is 0 Å². The molecule has 17 heavy (non-hydrogen) atoms. The third-order valence-electron chi connectivity index (χ3n) is 2.66. The third-order valence-corrected chi connectivity index (χ3v) is 4.06. The third kappa shape index (κ3) is 3.27. The van der Waals surface area contributed by atoms with Crippen molar-refractivity contribution in [3.63, 3.8) is 0 Å².